The number of aryl methyl sites for hydroxylation is 2. The first-order chi connectivity index (χ1) is 10.7. The fraction of sp³-hybridized carbons (Fsp3) is 0.412. The van der Waals surface area contributed by atoms with Gasteiger partial charge >= 0.3 is 0 Å². The number of hydrogen-bond donors (Lipinski definition) is 0. The van der Waals surface area contributed by atoms with Gasteiger partial charge in [-0.25, -0.2) is 9.67 Å². The SMILES string of the molecule is CN1CCC(=C2c3cc(Cl)ccc3CCn3ncnc32)CC1. The molecule has 0 atom stereocenters. The molecule has 1 aromatic heterocycles. The molecule has 0 amide bonds. The van der Waals surface area contributed by atoms with Gasteiger partial charge in [-0.3, -0.25) is 0 Å². The first kappa shape index (κ1) is 14.0. The highest BCUT2D eigenvalue weighted by molar-refractivity contribution is 6.30. The van der Waals surface area contributed by atoms with Crippen LogP contribution in [-0.4, -0.2) is 39.8 Å². The van der Waals surface area contributed by atoms with Crippen LogP contribution in [0.3, 0.4) is 0 Å². The average molecular weight is 315 g/mol. The summed E-state index contributed by atoms with van der Waals surface area (Å²) in [5.74, 6) is 1.00. The zero-order valence-corrected chi connectivity index (χ0v) is 13.5. The van der Waals surface area contributed by atoms with Crippen LogP contribution in [0.2, 0.25) is 5.02 Å². The molecule has 4 rings (SSSR count). The zero-order chi connectivity index (χ0) is 15.1. The Morgan fingerprint density at radius 2 is 1.91 bits per heavy atom. The number of benzene rings is 1. The fourth-order valence-electron chi connectivity index (χ4n) is 3.45. The minimum Gasteiger partial charge on any atom is -0.306 e. The van der Waals surface area contributed by atoms with Crippen molar-refractivity contribution >= 4 is 17.2 Å². The van der Waals surface area contributed by atoms with Crippen molar-refractivity contribution < 1.29 is 0 Å². The number of halogens is 1. The van der Waals surface area contributed by atoms with Crippen LogP contribution >= 0.6 is 11.6 Å². The molecule has 0 bridgehead atoms. The molecular weight excluding hydrogens is 296 g/mol. The maximum Gasteiger partial charge on any atom is 0.158 e. The van der Waals surface area contributed by atoms with Gasteiger partial charge in [0.15, 0.2) is 5.82 Å². The number of aromatic nitrogens is 3. The van der Waals surface area contributed by atoms with Crippen molar-refractivity contribution in [3.63, 3.8) is 0 Å². The first-order valence-electron chi connectivity index (χ1n) is 7.80. The number of nitrogens with zero attached hydrogens (tertiary/aromatic N) is 4. The Hall–Kier alpha value is -1.65. The Morgan fingerprint density at radius 3 is 2.73 bits per heavy atom. The van der Waals surface area contributed by atoms with E-state index < -0.39 is 0 Å². The van der Waals surface area contributed by atoms with Gasteiger partial charge in [0.1, 0.15) is 6.33 Å². The third kappa shape index (κ3) is 2.36. The standard InChI is InChI=1S/C17H19ClN4/c1-21-7-4-13(5-8-21)16-15-10-14(18)3-2-12(15)6-9-22-17(16)19-11-20-22/h2-3,10-11H,4-9H2,1H3. The molecule has 1 fully saturated rings. The van der Waals surface area contributed by atoms with Crippen molar-refractivity contribution in [3.8, 4) is 0 Å². The van der Waals surface area contributed by atoms with Crippen molar-refractivity contribution in [2.24, 2.45) is 0 Å². The molecule has 0 saturated carbocycles. The topological polar surface area (TPSA) is 34.0 Å². The fourth-order valence-corrected chi connectivity index (χ4v) is 3.63. The number of fused-ring (bicyclic) bond motifs is 2. The van der Waals surface area contributed by atoms with Gasteiger partial charge in [-0.2, -0.15) is 5.10 Å². The third-order valence-electron chi connectivity index (χ3n) is 4.72. The van der Waals surface area contributed by atoms with Crippen LogP contribution in [0.5, 0.6) is 0 Å². The summed E-state index contributed by atoms with van der Waals surface area (Å²) in [4.78, 5) is 6.94. The number of hydrogen-bond acceptors (Lipinski definition) is 3. The molecule has 22 heavy (non-hydrogen) atoms. The molecule has 3 heterocycles. The predicted octanol–water partition coefficient (Wildman–Crippen LogP) is 3.02. The Kier molecular flexibility index (Phi) is 3.51. The summed E-state index contributed by atoms with van der Waals surface area (Å²) in [5.41, 5.74) is 5.34. The van der Waals surface area contributed by atoms with E-state index >= 15 is 0 Å². The summed E-state index contributed by atoms with van der Waals surface area (Å²) in [5, 5.41) is 5.20. The van der Waals surface area contributed by atoms with Crippen LogP contribution in [-0.2, 0) is 13.0 Å². The molecule has 4 nitrogen and oxygen atoms in total. The highest BCUT2D eigenvalue weighted by Crippen LogP contribution is 2.36. The molecule has 0 spiro atoms. The molecule has 2 aromatic rings. The first-order valence-corrected chi connectivity index (χ1v) is 8.18. The van der Waals surface area contributed by atoms with Crippen LogP contribution < -0.4 is 0 Å². The van der Waals surface area contributed by atoms with Crippen molar-refractivity contribution in [1.29, 1.82) is 0 Å². The van der Waals surface area contributed by atoms with Crippen LogP contribution in [0.25, 0.3) is 5.57 Å². The van der Waals surface area contributed by atoms with Crippen molar-refractivity contribution in [2.75, 3.05) is 20.1 Å². The largest absolute Gasteiger partial charge is 0.306 e. The molecule has 5 heteroatoms. The van der Waals surface area contributed by atoms with Gasteiger partial charge in [-0.15, -0.1) is 0 Å². The summed E-state index contributed by atoms with van der Waals surface area (Å²) in [6.07, 6.45) is 4.81. The summed E-state index contributed by atoms with van der Waals surface area (Å²) in [6.45, 7) is 3.08. The van der Waals surface area contributed by atoms with E-state index in [1.54, 1.807) is 6.33 Å². The van der Waals surface area contributed by atoms with Gasteiger partial charge in [0.25, 0.3) is 0 Å². The summed E-state index contributed by atoms with van der Waals surface area (Å²) < 4.78 is 2.04. The molecule has 1 saturated heterocycles. The van der Waals surface area contributed by atoms with Crippen LogP contribution in [0.1, 0.15) is 29.8 Å². The van der Waals surface area contributed by atoms with Crippen molar-refractivity contribution in [3.05, 3.63) is 52.1 Å². The lowest BCUT2D eigenvalue weighted by molar-refractivity contribution is 0.313. The quantitative estimate of drug-likeness (QED) is 0.749. The van der Waals surface area contributed by atoms with E-state index in [2.05, 4.69) is 34.2 Å². The second-order valence-corrected chi connectivity index (χ2v) is 6.58. The second-order valence-electron chi connectivity index (χ2n) is 6.14. The number of likely N-dealkylation sites (tertiary alicyclic amines) is 1. The van der Waals surface area contributed by atoms with E-state index in [1.807, 2.05) is 10.7 Å². The maximum atomic E-state index is 6.28. The van der Waals surface area contributed by atoms with Crippen molar-refractivity contribution in [1.82, 2.24) is 19.7 Å². The molecule has 114 valence electrons. The molecule has 0 radical (unpaired) electrons. The van der Waals surface area contributed by atoms with E-state index in [4.69, 9.17) is 11.6 Å². The normalized spacial score (nSPS) is 18.8. The molecule has 0 unspecified atom stereocenters. The maximum absolute atomic E-state index is 6.28. The second kappa shape index (κ2) is 5.52. The van der Waals surface area contributed by atoms with Gasteiger partial charge in [0, 0.05) is 30.2 Å². The van der Waals surface area contributed by atoms with Crippen LogP contribution in [0, 0.1) is 0 Å². The van der Waals surface area contributed by atoms with Crippen LogP contribution in [0.4, 0.5) is 0 Å². The van der Waals surface area contributed by atoms with Gasteiger partial charge in [-0.1, -0.05) is 23.2 Å². The Balaban J connectivity index is 1.93. The molecule has 2 aliphatic rings. The van der Waals surface area contributed by atoms with Gasteiger partial charge < -0.3 is 4.90 Å². The predicted molar refractivity (Wildman–Crippen MR) is 87.9 cm³/mol. The summed E-state index contributed by atoms with van der Waals surface area (Å²) in [6, 6.07) is 6.24. The lowest BCUT2D eigenvalue weighted by atomic mass is 9.90. The average Bonchev–Trinajstić information content (AvgIpc) is 2.91. The Bertz CT molecular complexity index is 737. The smallest absolute Gasteiger partial charge is 0.158 e. The minimum atomic E-state index is 0.790. The van der Waals surface area contributed by atoms with E-state index in [0.29, 0.717) is 0 Å². The molecular formula is C17H19ClN4. The Labute approximate surface area is 135 Å². The zero-order valence-electron chi connectivity index (χ0n) is 12.7. The molecule has 1 aromatic carbocycles. The summed E-state index contributed by atoms with van der Waals surface area (Å²) in [7, 11) is 2.18. The van der Waals surface area contributed by atoms with E-state index in [1.165, 1.54) is 22.3 Å². The van der Waals surface area contributed by atoms with Crippen molar-refractivity contribution in [2.45, 2.75) is 25.8 Å². The Morgan fingerprint density at radius 1 is 1.09 bits per heavy atom. The lowest BCUT2D eigenvalue weighted by Crippen LogP contribution is -2.27. The minimum absolute atomic E-state index is 0.790. The van der Waals surface area contributed by atoms with E-state index in [-0.39, 0.29) is 0 Å². The van der Waals surface area contributed by atoms with Gasteiger partial charge in [-0.05, 0) is 49.6 Å². The number of piperidine rings is 1. The highest BCUT2D eigenvalue weighted by Gasteiger charge is 2.25. The molecule has 0 N–H and O–H groups in total. The van der Waals surface area contributed by atoms with Crippen LogP contribution in [0.15, 0.2) is 30.1 Å². The van der Waals surface area contributed by atoms with Gasteiger partial charge in [0.05, 0.1) is 0 Å². The van der Waals surface area contributed by atoms with Gasteiger partial charge in [0.2, 0.25) is 0 Å². The molecule has 2 aliphatic heterocycles. The number of rotatable bonds is 0. The highest BCUT2D eigenvalue weighted by atomic mass is 35.5. The third-order valence-corrected chi connectivity index (χ3v) is 4.95. The lowest BCUT2D eigenvalue weighted by Gasteiger charge is -2.26. The van der Waals surface area contributed by atoms with E-state index in [9.17, 15) is 0 Å². The monoisotopic (exact) mass is 314 g/mol. The molecule has 0 aliphatic carbocycles. The summed E-state index contributed by atoms with van der Waals surface area (Å²) >= 11 is 6.28. The van der Waals surface area contributed by atoms with E-state index in [0.717, 1.165) is 49.7 Å².